The number of Topliss-reactive ketones (excluding diaryl/α,β-unsaturated/α-hetero) is 2. The molecule has 0 amide bonds. The van der Waals surface area contributed by atoms with Gasteiger partial charge in [0, 0.05) is 12.8 Å². The van der Waals surface area contributed by atoms with Crippen LogP contribution in [-0.2, 0) is 9.59 Å². The van der Waals surface area contributed by atoms with E-state index in [0.717, 1.165) is 6.42 Å². The van der Waals surface area contributed by atoms with E-state index in [1.54, 1.807) is 13.8 Å². The van der Waals surface area contributed by atoms with Crippen LogP contribution >= 0.6 is 0 Å². The summed E-state index contributed by atoms with van der Waals surface area (Å²) in [5, 5.41) is 0. The van der Waals surface area contributed by atoms with Gasteiger partial charge in [0.1, 0.15) is 11.6 Å². The fourth-order valence-corrected chi connectivity index (χ4v) is 1.19. The molecule has 0 aromatic carbocycles. The Hall–Kier alpha value is 0.340. The average Bonchev–Trinajstić information content (AvgIpc) is 1.84. The monoisotopic (exact) mass is 164 g/mol. The third-order valence-electron chi connectivity index (χ3n) is 2.20. The van der Waals surface area contributed by atoms with Crippen molar-refractivity contribution in [3.05, 3.63) is 0 Å². The van der Waals surface area contributed by atoms with E-state index in [1.165, 1.54) is 0 Å². The molecule has 1 fully saturated rings. The molecule has 0 aliphatic heterocycles. The molecule has 1 saturated carbocycles. The molecule has 1 aliphatic carbocycles. The number of carbonyl (C=O) groups is 2. The standard InChI is InChI=1S/C8H12O2.Na.H/c1-8(2)6(9)4-3-5-7(8)10;;/h3-5H2,1-2H3;;/q;+1;-1. The molecule has 2 nitrogen and oxygen atoms in total. The molecule has 0 aromatic rings. The summed E-state index contributed by atoms with van der Waals surface area (Å²) in [6, 6.07) is 0. The maximum Gasteiger partial charge on any atom is 1.00 e. The minimum atomic E-state index is -0.682. The second-order valence-corrected chi connectivity index (χ2v) is 3.32. The summed E-state index contributed by atoms with van der Waals surface area (Å²) >= 11 is 0. The van der Waals surface area contributed by atoms with Gasteiger partial charge in [-0.2, -0.15) is 0 Å². The van der Waals surface area contributed by atoms with Crippen molar-refractivity contribution in [3.8, 4) is 0 Å². The van der Waals surface area contributed by atoms with E-state index in [4.69, 9.17) is 0 Å². The van der Waals surface area contributed by atoms with Gasteiger partial charge in [-0.3, -0.25) is 9.59 Å². The van der Waals surface area contributed by atoms with Gasteiger partial charge in [-0.15, -0.1) is 0 Å². The molecule has 1 rings (SSSR count). The third-order valence-corrected chi connectivity index (χ3v) is 2.20. The van der Waals surface area contributed by atoms with Crippen molar-refractivity contribution in [2.75, 3.05) is 0 Å². The second-order valence-electron chi connectivity index (χ2n) is 3.32. The average molecular weight is 164 g/mol. The Kier molecular flexibility index (Phi) is 3.95. The fraction of sp³-hybridized carbons (Fsp3) is 0.750. The second kappa shape index (κ2) is 3.83. The van der Waals surface area contributed by atoms with Gasteiger partial charge in [-0.05, 0) is 20.3 Å². The van der Waals surface area contributed by atoms with Crippen molar-refractivity contribution in [3.63, 3.8) is 0 Å². The summed E-state index contributed by atoms with van der Waals surface area (Å²) in [5.74, 6) is 0.201. The molecule has 3 heteroatoms. The molecular formula is C8H13NaO2. The van der Waals surface area contributed by atoms with Crippen LogP contribution in [0, 0.1) is 5.41 Å². The van der Waals surface area contributed by atoms with Crippen LogP contribution in [0.2, 0.25) is 0 Å². The first kappa shape index (κ1) is 11.3. The molecule has 0 saturated heterocycles. The zero-order valence-electron chi connectivity index (χ0n) is 8.44. The Bertz CT molecular complexity index is 171. The van der Waals surface area contributed by atoms with Crippen LogP contribution in [0.15, 0.2) is 0 Å². The summed E-state index contributed by atoms with van der Waals surface area (Å²) in [6.07, 6.45) is 1.92. The SMILES string of the molecule is CC1(C)C(=O)CCCC1=O.[H-].[Na+]. The topological polar surface area (TPSA) is 34.1 Å². The van der Waals surface area contributed by atoms with Crippen molar-refractivity contribution in [2.45, 2.75) is 33.1 Å². The molecule has 0 aromatic heterocycles. The Morgan fingerprint density at radius 3 is 1.82 bits per heavy atom. The van der Waals surface area contributed by atoms with E-state index < -0.39 is 5.41 Å². The molecule has 58 valence electrons. The van der Waals surface area contributed by atoms with E-state index in [2.05, 4.69) is 0 Å². The number of rotatable bonds is 0. The van der Waals surface area contributed by atoms with Crippen LogP contribution in [0.1, 0.15) is 34.5 Å². The number of hydrogen-bond donors (Lipinski definition) is 0. The number of hydrogen-bond acceptors (Lipinski definition) is 2. The first-order valence-corrected chi connectivity index (χ1v) is 3.62. The van der Waals surface area contributed by atoms with Crippen LogP contribution in [0.25, 0.3) is 0 Å². The fourth-order valence-electron chi connectivity index (χ4n) is 1.19. The van der Waals surface area contributed by atoms with Crippen molar-refractivity contribution >= 4 is 11.6 Å². The van der Waals surface area contributed by atoms with E-state index >= 15 is 0 Å². The molecule has 0 atom stereocenters. The van der Waals surface area contributed by atoms with Crippen LogP contribution < -0.4 is 29.6 Å². The minimum absolute atomic E-state index is 0. The van der Waals surface area contributed by atoms with Gasteiger partial charge in [0.05, 0.1) is 5.41 Å². The smallest absolute Gasteiger partial charge is 1.00 e. The minimum Gasteiger partial charge on any atom is -1.00 e. The maximum absolute atomic E-state index is 11.1. The van der Waals surface area contributed by atoms with Crippen molar-refractivity contribution in [2.24, 2.45) is 5.41 Å². The van der Waals surface area contributed by atoms with E-state index in [-0.39, 0.29) is 42.6 Å². The first-order chi connectivity index (χ1) is 4.55. The normalized spacial score (nSPS) is 22.7. The predicted octanol–water partition coefficient (Wildman–Crippen LogP) is -1.55. The van der Waals surface area contributed by atoms with E-state index in [1.807, 2.05) is 0 Å². The molecular weight excluding hydrogens is 151 g/mol. The van der Waals surface area contributed by atoms with Gasteiger partial charge in [-0.1, -0.05) is 0 Å². The first-order valence-electron chi connectivity index (χ1n) is 3.62. The summed E-state index contributed by atoms with van der Waals surface area (Å²) in [6.45, 7) is 3.44. The molecule has 0 radical (unpaired) electrons. The van der Waals surface area contributed by atoms with Gasteiger partial charge in [0.2, 0.25) is 0 Å². The summed E-state index contributed by atoms with van der Waals surface area (Å²) in [5.41, 5.74) is -0.682. The molecule has 1 aliphatic rings. The Balaban J connectivity index is 0. The van der Waals surface area contributed by atoms with E-state index in [0.29, 0.717) is 12.8 Å². The van der Waals surface area contributed by atoms with Gasteiger partial charge >= 0.3 is 29.6 Å². The van der Waals surface area contributed by atoms with Gasteiger partial charge in [-0.25, -0.2) is 0 Å². The largest absolute Gasteiger partial charge is 1.00 e. The van der Waals surface area contributed by atoms with Gasteiger partial charge in [0.25, 0.3) is 0 Å². The van der Waals surface area contributed by atoms with Crippen molar-refractivity contribution in [1.29, 1.82) is 0 Å². The summed E-state index contributed by atoms with van der Waals surface area (Å²) < 4.78 is 0. The molecule has 0 heterocycles. The van der Waals surface area contributed by atoms with Crippen LogP contribution in [0.3, 0.4) is 0 Å². The Morgan fingerprint density at radius 2 is 1.55 bits per heavy atom. The van der Waals surface area contributed by atoms with Gasteiger partial charge in [0.15, 0.2) is 0 Å². The number of carbonyl (C=O) groups excluding carboxylic acids is 2. The Labute approximate surface area is 90.5 Å². The third kappa shape index (κ3) is 2.14. The maximum atomic E-state index is 11.1. The van der Waals surface area contributed by atoms with E-state index in [9.17, 15) is 9.59 Å². The molecule has 0 spiro atoms. The predicted molar refractivity (Wildman–Crippen MR) is 38.8 cm³/mol. The van der Waals surface area contributed by atoms with Gasteiger partial charge < -0.3 is 1.43 Å². The quantitative estimate of drug-likeness (QED) is 0.321. The molecule has 0 bridgehead atoms. The zero-order chi connectivity index (χ0) is 7.78. The van der Waals surface area contributed by atoms with Crippen LogP contribution in [0.4, 0.5) is 0 Å². The Morgan fingerprint density at radius 1 is 1.18 bits per heavy atom. The summed E-state index contributed by atoms with van der Waals surface area (Å²) in [4.78, 5) is 22.2. The zero-order valence-corrected chi connectivity index (χ0v) is 9.44. The van der Waals surface area contributed by atoms with Crippen LogP contribution in [-0.4, -0.2) is 11.6 Å². The molecule has 0 N–H and O–H groups in total. The van der Waals surface area contributed by atoms with Crippen molar-refractivity contribution in [1.82, 2.24) is 0 Å². The van der Waals surface area contributed by atoms with Crippen molar-refractivity contribution < 1.29 is 40.6 Å². The molecule has 0 unspecified atom stereocenters. The summed E-state index contributed by atoms with van der Waals surface area (Å²) in [7, 11) is 0. The molecule has 11 heavy (non-hydrogen) atoms. The number of ketones is 2. The van der Waals surface area contributed by atoms with Crippen LogP contribution in [0.5, 0.6) is 0 Å².